The van der Waals surface area contributed by atoms with Crippen LogP contribution < -0.4 is 0 Å². The number of aryl methyl sites for hydroxylation is 2. The summed E-state index contributed by atoms with van der Waals surface area (Å²) in [6, 6.07) is 8.68. The molecule has 0 aliphatic rings. The van der Waals surface area contributed by atoms with Crippen LogP contribution in [-0.4, -0.2) is 5.75 Å². The first kappa shape index (κ1) is 11.1. The van der Waals surface area contributed by atoms with Crippen LogP contribution in [0, 0.1) is 31.1 Å². The standard InChI is InChI=1S/C12H15NS/c1-9(7-13)8-14-12-5-4-10(2)11(3)6-12/h4-6,9H,8H2,1-3H3. The highest BCUT2D eigenvalue weighted by Crippen LogP contribution is 2.22. The van der Waals surface area contributed by atoms with E-state index in [-0.39, 0.29) is 5.92 Å². The molecule has 1 nitrogen and oxygen atoms in total. The smallest absolute Gasteiger partial charge is 0.0661 e. The molecule has 0 radical (unpaired) electrons. The number of benzene rings is 1. The summed E-state index contributed by atoms with van der Waals surface area (Å²) in [5.41, 5.74) is 2.64. The largest absolute Gasteiger partial charge is 0.198 e. The van der Waals surface area contributed by atoms with Crippen molar-refractivity contribution in [2.75, 3.05) is 5.75 Å². The lowest BCUT2D eigenvalue weighted by Gasteiger charge is -2.05. The van der Waals surface area contributed by atoms with Crippen molar-refractivity contribution >= 4 is 11.8 Å². The van der Waals surface area contributed by atoms with Gasteiger partial charge < -0.3 is 0 Å². The van der Waals surface area contributed by atoms with Gasteiger partial charge in [-0.2, -0.15) is 5.26 Å². The van der Waals surface area contributed by atoms with Gasteiger partial charge in [-0.15, -0.1) is 11.8 Å². The summed E-state index contributed by atoms with van der Waals surface area (Å²) in [7, 11) is 0. The van der Waals surface area contributed by atoms with E-state index in [9.17, 15) is 0 Å². The van der Waals surface area contributed by atoms with Crippen molar-refractivity contribution in [3.8, 4) is 6.07 Å². The highest BCUT2D eigenvalue weighted by atomic mass is 32.2. The quantitative estimate of drug-likeness (QED) is 0.704. The summed E-state index contributed by atoms with van der Waals surface area (Å²) < 4.78 is 0. The fourth-order valence-electron chi connectivity index (χ4n) is 1.06. The van der Waals surface area contributed by atoms with E-state index < -0.39 is 0 Å². The Kier molecular flexibility index (Phi) is 4.03. The molecule has 14 heavy (non-hydrogen) atoms. The van der Waals surface area contributed by atoms with Crippen molar-refractivity contribution in [2.24, 2.45) is 5.92 Å². The SMILES string of the molecule is Cc1ccc(SCC(C)C#N)cc1C. The molecule has 0 aliphatic heterocycles. The molecule has 0 N–H and O–H groups in total. The highest BCUT2D eigenvalue weighted by molar-refractivity contribution is 7.99. The monoisotopic (exact) mass is 205 g/mol. The second kappa shape index (κ2) is 5.07. The molecule has 0 saturated heterocycles. The third-order valence-electron chi connectivity index (χ3n) is 2.20. The maximum absolute atomic E-state index is 8.65. The molecule has 0 bridgehead atoms. The Balaban J connectivity index is 2.61. The van der Waals surface area contributed by atoms with E-state index in [0.29, 0.717) is 0 Å². The third-order valence-corrected chi connectivity index (χ3v) is 3.45. The molecule has 0 aliphatic carbocycles. The van der Waals surface area contributed by atoms with Crippen molar-refractivity contribution < 1.29 is 0 Å². The second-order valence-electron chi connectivity index (χ2n) is 3.59. The van der Waals surface area contributed by atoms with E-state index in [4.69, 9.17) is 5.26 Å². The number of thioether (sulfide) groups is 1. The highest BCUT2D eigenvalue weighted by Gasteiger charge is 2.01. The van der Waals surface area contributed by atoms with Gasteiger partial charge >= 0.3 is 0 Å². The molecule has 74 valence electrons. The molecule has 1 atom stereocenters. The summed E-state index contributed by atoms with van der Waals surface area (Å²) in [6.07, 6.45) is 0. The minimum atomic E-state index is 0.126. The van der Waals surface area contributed by atoms with E-state index >= 15 is 0 Å². The average molecular weight is 205 g/mol. The van der Waals surface area contributed by atoms with E-state index in [0.717, 1.165) is 5.75 Å². The van der Waals surface area contributed by atoms with Crippen LogP contribution in [0.4, 0.5) is 0 Å². The predicted molar refractivity (Wildman–Crippen MR) is 61.4 cm³/mol. The second-order valence-corrected chi connectivity index (χ2v) is 4.68. The first-order valence-electron chi connectivity index (χ1n) is 4.73. The molecule has 0 spiro atoms. The van der Waals surface area contributed by atoms with Gasteiger partial charge in [0.1, 0.15) is 0 Å². The Morgan fingerprint density at radius 3 is 2.64 bits per heavy atom. The number of hydrogen-bond acceptors (Lipinski definition) is 2. The third kappa shape index (κ3) is 3.08. The summed E-state index contributed by atoms with van der Waals surface area (Å²) in [4.78, 5) is 1.26. The van der Waals surface area contributed by atoms with Gasteiger partial charge in [0.15, 0.2) is 0 Å². The zero-order valence-electron chi connectivity index (χ0n) is 8.87. The van der Waals surface area contributed by atoms with Gasteiger partial charge in [-0.3, -0.25) is 0 Å². The Morgan fingerprint density at radius 2 is 2.07 bits per heavy atom. The Bertz CT molecular complexity index is 352. The normalized spacial score (nSPS) is 12.1. The van der Waals surface area contributed by atoms with Gasteiger partial charge in [-0.05, 0) is 44.0 Å². The maximum atomic E-state index is 8.65. The summed E-state index contributed by atoms with van der Waals surface area (Å²) >= 11 is 1.75. The summed E-state index contributed by atoms with van der Waals surface area (Å²) in [5.74, 6) is 1.00. The average Bonchev–Trinajstić information content (AvgIpc) is 2.19. The van der Waals surface area contributed by atoms with Crippen LogP contribution in [0.2, 0.25) is 0 Å². The van der Waals surface area contributed by atoms with Crippen molar-refractivity contribution in [3.05, 3.63) is 29.3 Å². The van der Waals surface area contributed by atoms with Crippen molar-refractivity contribution in [2.45, 2.75) is 25.7 Å². The molecule has 1 rings (SSSR count). The number of rotatable bonds is 3. The molecule has 0 fully saturated rings. The molecular weight excluding hydrogens is 190 g/mol. The van der Waals surface area contributed by atoms with Crippen LogP contribution in [0.1, 0.15) is 18.1 Å². The van der Waals surface area contributed by atoms with Crippen LogP contribution in [0.5, 0.6) is 0 Å². The van der Waals surface area contributed by atoms with Gasteiger partial charge in [0.25, 0.3) is 0 Å². The molecule has 1 unspecified atom stereocenters. The topological polar surface area (TPSA) is 23.8 Å². The van der Waals surface area contributed by atoms with E-state index in [1.165, 1.54) is 16.0 Å². The molecular formula is C12H15NS. The van der Waals surface area contributed by atoms with Gasteiger partial charge in [0, 0.05) is 10.6 Å². The molecule has 1 aromatic carbocycles. The Morgan fingerprint density at radius 1 is 1.36 bits per heavy atom. The molecule has 0 aromatic heterocycles. The van der Waals surface area contributed by atoms with Gasteiger partial charge in [0.2, 0.25) is 0 Å². The van der Waals surface area contributed by atoms with Crippen molar-refractivity contribution in [1.82, 2.24) is 0 Å². The van der Waals surface area contributed by atoms with Crippen LogP contribution in [0.3, 0.4) is 0 Å². The van der Waals surface area contributed by atoms with E-state index in [1.807, 2.05) is 6.92 Å². The predicted octanol–water partition coefficient (Wildman–Crippen LogP) is 3.56. The zero-order chi connectivity index (χ0) is 10.6. The lowest BCUT2D eigenvalue weighted by Crippen LogP contribution is -1.93. The number of hydrogen-bond donors (Lipinski definition) is 0. The van der Waals surface area contributed by atoms with Crippen LogP contribution >= 0.6 is 11.8 Å². The van der Waals surface area contributed by atoms with Crippen LogP contribution in [0.25, 0.3) is 0 Å². The Labute approximate surface area is 90.1 Å². The molecule has 0 saturated carbocycles. The molecule has 2 heteroatoms. The van der Waals surface area contributed by atoms with E-state index in [2.05, 4.69) is 38.1 Å². The fraction of sp³-hybridized carbons (Fsp3) is 0.417. The Hall–Kier alpha value is -0.940. The van der Waals surface area contributed by atoms with Crippen molar-refractivity contribution in [1.29, 1.82) is 5.26 Å². The number of nitriles is 1. The van der Waals surface area contributed by atoms with Gasteiger partial charge in [0.05, 0.1) is 12.0 Å². The van der Waals surface area contributed by atoms with Crippen LogP contribution in [-0.2, 0) is 0 Å². The van der Waals surface area contributed by atoms with Crippen LogP contribution in [0.15, 0.2) is 23.1 Å². The van der Waals surface area contributed by atoms with Gasteiger partial charge in [-0.25, -0.2) is 0 Å². The maximum Gasteiger partial charge on any atom is 0.0661 e. The summed E-state index contributed by atoms with van der Waals surface area (Å²) in [6.45, 7) is 6.18. The number of nitrogens with zero attached hydrogens (tertiary/aromatic N) is 1. The minimum absolute atomic E-state index is 0.126. The fourth-order valence-corrected chi connectivity index (χ4v) is 2.00. The van der Waals surface area contributed by atoms with Gasteiger partial charge in [-0.1, -0.05) is 6.07 Å². The molecule has 0 heterocycles. The first-order chi connectivity index (χ1) is 6.63. The molecule has 1 aromatic rings. The first-order valence-corrected chi connectivity index (χ1v) is 5.71. The summed E-state index contributed by atoms with van der Waals surface area (Å²) in [5, 5.41) is 8.65. The molecule has 0 amide bonds. The lowest BCUT2D eigenvalue weighted by molar-refractivity contribution is 0.864. The zero-order valence-corrected chi connectivity index (χ0v) is 9.69. The minimum Gasteiger partial charge on any atom is -0.198 e. The lowest BCUT2D eigenvalue weighted by atomic mass is 10.1. The van der Waals surface area contributed by atoms with E-state index in [1.54, 1.807) is 11.8 Å². The van der Waals surface area contributed by atoms with Crippen molar-refractivity contribution in [3.63, 3.8) is 0 Å².